The number of nitrogens with zero attached hydrogens (tertiary/aromatic N) is 7. The third-order valence-corrected chi connectivity index (χ3v) is 7.46. The van der Waals surface area contributed by atoms with Crippen LogP contribution in [0.15, 0.2) is 36.7 Å². The van der Waals surface area contributed by atoms with Crippen LogP contribution >= 0.6 is 11.6 Å². The van der Waals surface area contributed by atoms with Gasteiger partial charge in [0.25, 0.3) is 5.91 Å². The highest BCUT2D eigenvalue weighted by Crippen LogP contribution is 2.24. The summed E-state index contributed by atoms with van der Waals surface area (Å²) < 4.78 is 3.44. The molecule has 0 saturated carbocycles. The summed E-state index contributed by atoms with van der Waals surface area (Å²) in [5.41, 5.74) is 1.07. The van der Waals surface area contributed by atoms with Crippen LogP contribution in [0.3, 0.4) is 0 Å². The molecule has 1 aliphatic rings. The molecule has 11 nitrogen and oxygen atoms in total. The van der Waals surface area contributed by atoms with Gasteiger partial charge < -0.3 is 15.1 Å². The van der Waals surface area contributed by atoms with E-state index in [4.69, 9.17) is 11.6 Å². The van der Waals surface area contributed by atoms with Crippen LogP contribution in [0, 0.1) is 12.8 Å². The van der Waals surface area contributed by atoms with Crippen molar-refractivity contribution in [2.24, 2.45) is 5.92 Å². The normalized spacial score (nSPS) is 19.4. The number of rotatable bonds is 4. The number of halogens is 1. The van der Waals surface area contributed by atoms with E-state index in [0.29, 0.717) is 60.4 Å². The van der Waals surface area contributed by atoms with Gasteiger partial charge >= 0.3 is 0 Å². The molecule has 0 fully saturated rings. The van der Waals surface area contributed by atoms with Crippen LogP contribution in [0.2, 0.25) is 5.02 Å². The molecule has 0 spiro atoms. The van der Waals surface area contributed by atoms with Crippen LogP contribution in [-0.2, 0) is 16.1 Å². The van der Waals surface area contributed by atoms with Gasteiger partial charge in [0.05, 0.1) is 28.9 Å². The van der Waals surface area contributed by atoms with Gasteiger partial charge in [0.1, 0.15) is 17.7 Å². The zero-order chi connectivity index (χ0) is 29.0. The van der Waals surface area contributed by atoms with Gasteiger partial charge in [-0.25, -0.2) is 14.3 Å². The maximum Gasteiger partial charge on any atom is 0.255 e. The van der Waals surface area contributed by atoms with E-state index in [0.717, 1.165) is 0 Å². The van der Waals surface area contributed by atoms with Crippen LogP contribution < -0.4 is 5.32 Å². The summed E-state index contributed by atoms with van der Waals surface area (Å²) in [5, 5.41) is 12.3. The summed E-state index contributed by atoms with van der Waals surface area (Å²) in [6.07, 6.45) is 4.73. The van der Waals surface area contributed by atoms with Crippen LogP contribution in [0.5, 0.6) is 0 Å². The molecule has 40 heavy (non-hydrogen) atoms. The smallest absolute Gasteiger partial charge is 0.255 e. The number of carbonyl (C=O) groups excluding carboxylic acids is 3. The van der Waals surface area contributed by atoms with E-state index in [1.165, 1.54) is 4.90 Å². The number of nitrogens with one attached hydrogen (secondary N) is 1. The van der Waals surface area contributed by atoms with Crippen molar-refractivity contribution in [3.8, 4) is 5.69 Å². The Morgan fingerprint density at radius 1 is 1.20 bits per heavy atom. The SMILES string of the molecule is Cc1nc2n(n1)CCN(C(=O)c1cc(-n3cccn3)ccc1Cl)CCCC(=O)N(C)[C@@H](C)C(=O)N[C@@H]2CC(C)C. The van der Waals surface area contributed by atoms with Crippen molar-refractivity contribution in [3.05, 3.63) is 58.9 Å². The van der Waals surface area contributed by atoms with Crippen molar-refractivity contribution in [3.63, 3.8) is 0 Å². The van der Waals surface area contributed by atoms with Gasteiger partial charge in [-0.15, -0.1) is 0 Å². The summed E-state index contributed by atoms with van der Waals surface area (Å²) in [6, 6.07) is 5.96. The highest BCUT2D eigenvalue weighted by Gasteiger charge is 2.29. The van der Waals surface area contributed by atoms with Gasteiger partial charge in [-0.1, -0.05) is 25.4 Å². The predicted molar refractivity (Wildman–Crippen MR) is 151 cm³/mol. The Labute approximate surface area is 239 Å². The first-order chi connectivity index (χ1) is 19.0. The Hall–Kier alpha value is -3.73. The number of hydrogen-bond donors (Lipinski definition) is 1. The first kappa shape index (κ1) is 29.3. The fraction of sp³-hybridized carbons (Fsp3) is 0.500. The lowest BCUT2D eigenvalue weighted by atomic mass is 10.0. The molecule has 214 valence electrons. The first-order valence-corrected chi connectivity index (χ1v) is 14.0. The summed E-state index contributed by atoms with van der Waals surface area (Å²) in [7, 11) is 1.63. The van der Waals surface area contributed by atoms with E-state index in [2.05, 4.69) is 34.3 Å². The van der Waals surface area contributed by atoms with Crippen LogP contribution in [-0.4, -0.2) is 78.2 Å². The number of aromatic nitrogens is 5. The molecule has 0 bridgehead atoms. The quantitative estimate of drug-likeness (QED) is 0.515. The van der Waals surface area contributed by atoms with Gasteiger partial charge in [0.2, 0.25) is 11.8 Å². The lowest BCUT2D eigenvalue weighted by Crippen LogP contribution is -2.47. The molecule has 0 radical (unpaired) electrons. The van der Waals surface area contributed by atoms with Crippen molar-refractivity contribution in [1.82, 2.24) is 39.7 Å². The third-order valence-electron chi connectivity index (χ3n) is 7.13. The highest BCUT2D eigenvalue weighted by molar-refractivity contribution is 6.33. The average Bonchev–Trinajstić information content (AvgIpc) is 3.58. The number of benzene rings is 1. The molecule has 3 amide bonds. The van der Waals surface area contributed by atoms with Gasteiger partial charge in [0.15, 0.2) is 0 Å². The highest BCUT2D eigenvalue weighted by atomic mass is 35.5. The van der Waals surface area contributed by atoms with Crippen molar-refractivity contribution in [2.75, 3.05) is 20.1 Å². The van der Waals surface area contributed by atoms with Gasteiger partial charge in [-0.2, -0.15) is 10.2 Å². The number of fused-ring (bicyclic) bond motifs is 1. The summed E-state index contributed by atoms with van der Waals surface area (Å²) in [5.74, 6) is 0.830. The molecule has 4 rings (SSSR count). The van der Waals surface area contributed by atoms with Gasteiger partial charge in [-0.05, 0) is 56.9 Å². The Kier molecular flexibility index (Phi) is 9.24. The molecule has 3 aromatic rings. The third kappa shape index (κ3) is 6.70. The van der Waals surface area contributed by atoms with E-state index in [-0.39, 0.29) is 30.1 Å². The molecule has 1 aromatic carbocycles. The minimum atomic E-state index is -0.663. The minimum Gasteiger partial charge on any atom is -0.344 e. The first-order valence-electron chi connectivity index (χ1n) is 13.6. The summed E-state index contributed by atoms with van der Waals surface area (Å²) in [6.45, 7) is 8.69. The zero-order valence-corrected chi connectivity index (χ0v) is 24.4. The van der Waals surface area contributed by atoms with Gasteiger partial charge in [-0.3, -0.25) is 14.4 Å². The minimum absolute atomic E-state index is 0.162. The number of amides is 3. The van der Waals surface area contributed by atoms with Crippen molar-refractivity contribution >= 4 is 29.3 Å². The Bertz CT molecular complexity index is 1350. The Morgan fingerprint density at radius 3 is 2.67 bits per heavy atom. The largest absolute Gasteiger partial charge is 0.344 e. The topological polar surface area (TPSA) is 118 Å². The Morgan fingerprint density at radius 2 is 1.98 bits per heavy atom. The van der Waals surface area contributed by atoms with Crippen LogP contribution in [0.1, 0.15) is 68.1 Å². The van der Waals surface area contributed by atoms with Crippen LogP contribution in [0.25, 0.3) is 5.69 Å². The number of likely N-dealkylation sites (N-methyl/N-ethyl adjacent to an activating group) is 1. The summed E-state index contributed by atoms with van der Waals surface area (Å²) >= 11 is 6.51. The second kappa shape index (κ2) is 12.6. The molecular weight excluding hydrogens is 532 g/mol. The number of aryl methyl sites for hydroxylation is 1. The van der Waals surface area contributed by atoms with E-state index >= 15 is 0 Å². The standard InChI is InChI=1S/C28H37ClN8O3/c1-18(2)16-24-26-31-20(4)33-37(26)15-14-35(12-6-8-25(38)34(5)19(3)27(39)32-24)28(40)22-17-21(9-10-23(22)29)36-13-7-11-30-36/h7,9-11,13,17-19,24H,6,8,12,14-16H2,1-5H3,(H,32,39)/t19-,24+/m0/s1. The fourth-order valence-electron chi connectivity index (χ4n) is 4.82. The molecular formula is C28H37ClN8O3. The van der Waals surface area contributed by atoms with Crippen molar-refractivity contribution in [1.29, 1.82) is 0 Å². The molecule has 12 heteroatoms. The maximum atomic E-state index is 13.9. The fourth-order valence-corrected chi connectivity index (χ4v) is 5.02. The van der Waals surface area contributed by atoms with E-state index in [1.807, 2.05) is 0 Å². The summed E-state index contributed by atoms with van der Waals surface area (Å²) in [4.78, 5) is 47.8. The van der Waals surface area contributed by atoms with E-state index in [9.17, 15) is 14.4 Å². The predicted octanol–water partition coefficient (Wildman–Crippen LogP) is 3.41. The second-order valence-electron chi connectivity index (χ2n) is 10.6. The van der Waals surface area contributed by atoms with Gasteiger partial charge in [0, 0.05) is 39.0 Å². The van der Waals surface area contributed by atoms with Crippen molar-refractivity contribution in [2.45, 2.75) is 65.6 Å². The molecule has 2 aromatic heterocycles. The lowest BCUT2D eigenvalue weighted by molar-refractivity contribution is -0.138. The monoisotopic (exact) mass is 568 g/mol. The maximum absolute atomic E-state index is 13.9. The molecule has 1 N–H and O–H groups in total. The lowest BCUT2D eigenvalue weighted by Gasteiger charge is -2.29. The Balaban J connectivity index is 1.68. The van der Waals surface area contributed by atoms with Crippen molar-refractivity contribution < 1.29 is 14.4 Å². The molecule has 3 heterocycles. The molecule has 0 saturated heterocycles. The number of hydrogen-bond acceptors (Lipinski definition) is 6. The zero-order valence-electron chi connectivity index (χ0n) is 23.7. The molecule has 0 unspecified atom stereocenters. The van der Waals surface area contributed by atoms with E-state index in [1.54, 1.807) is 71.8 Å². The molecule has 2 atom stereocenters. The van der Waals surface area contributed by atoms with Crippen LogP contribution in [0.4, 0.5) is 0 Å². The average molecular weight is 569 g/mol. The van der Waals surface area contributed by atoms with E-state index < -0.39 is 12.1 Å². The second-order valence-corrected chi connectivity index (χ2v) is 11.0. The molecule has 1 aliphatic heterocycles. The molecule has 0 aliphatic carbocycles. The number of carbonyl (C=O) groups is 3.